The summed E-state index contributed by atoms with van der Waals surface area (Å²) in [5.41, 5.74) is 7.56. The third-order valence-electron chi connectivity index (χ3n) is 5.18. The third kappa shape index (κ3) is 5.02. The van der Waals surface area contributed by atoms with Gasteiger partial charge in [-0.2, -0.15) is 0 Å². The highest BCUT2D eigenvalue weighted by atomic mass is 19.1. The zero-order valence-electron chi connectivity index (χ0n) is 15.0. The number of nitrogens with one attached hydrogen (secondary N) is 1. The minimum atomic E-state index is -0.248. The molecule has 1 aliphatic heterocycles. The number of piperidine rings is 1. The van der Waals surface area contributed by atoms with Crippen molar-refractivity contribution >= 4 is 5.69 Å². The molecule has 1 fully saturated rings. The average molecular weight is 359 g/mol. The van der Waals surface area contributed by atoms with Crippen molar-refractivity contribution in [2.45, 2.75) is 25.3 Å². The molecule has 0 saturated carbocycles. The molecule has 26 heavy (non-hydrogen) atoms. The zero-order chi connectivity index (χ0) is 18.4. The first-order valence-corrected chi connectivity index (χ1v) is 9.35. The lowest BCUT2D eigenvalue weighted by atomic mass is 9.85. The Morgan fingerprint density at radius 1 is 0.962 bits per heavy atom. The van der Waals surface area contributed by atoms with Gasteiger partial charge in [-0.05, 0) is 93.3 Å². The van der Waals surface area contributed by atoms with Crippen LogP contribution in [-0.4, -0.2) is 31.1 Å². The zero-order valence-corrected chi connectivity index (χ0v) is 15.0. The van der Waals surface area contributed by atoms with E-state index in [2.05, 4.69) is 10.2 Å². The van der Waals surface area contributed by atoms with Crippen LogP contribution in [0, 0.1) is 17.6 Å². The van der Waals surface area contributed by atoms with Crippen LogP contribution in [0.1, 0.15) is 30.9 Å². The number of anilines is 1. The Hall–Kier alpha value is -1.98. The third-order valence-corrected chi connectivity index (χ3v) is 5.18. The van der Waals surface area contributed by atoms with Crippen LogP contribution in [0.3, 0.4) is 0 Å². The van der Waals surface area contributed by atoms with Crippen LogP contribution in [0.15, 0.2) is 48.5 Å². The molecule has 5 heteroatoms. The van der Waals surface area contributed by atoms with Crippen LogP contribution in [0.2, 0.25) is 0 Å². The lowest BCUT2D eigenvalue weighted by Crippen LogP contribution is -2.38. The summed E-state index contributed by atoms with van der Waals surface area (Å²) in [6.45, 7) is 3.88. The number of hydrogen-bond acceptors (Lipinski definition) is 3. The van der Waals surface area contributed by atoms with Crippen LogP contribution in [-0.2, 0) is 0 Å². The summed E-state index contributed by atoms with van der Waals surface area (Å²) in [5, 5.41) is 3.54. The van der Waals surface area contributed by atoms with E-state index in [-0.39, 0.29) is 17.7 Å². The molecule has 1 heterocycles. The van der Waals surface area contributed by atoms with Crippen molar-refractivity contribution in [3.05, 3.63) is 65.7 Å². The first-order chi connectivity index (χ1) is 12.7. The van der Waals surface area contributed by atoms with E-state index in [0.29, 0.717) is 5.92 Å². The van der Waals surface area contributed by atoms with E-state index in [1.807, 2.05) is 12.1 Å². The molecule has 3 rings (SSSR count). The Kier molecular flexibility index (Phi) is 6.58. The number of rotatable bonds is 7. The van der Waals surface area contributed by atoms with Gasteiger partial charge in [0.25, 0.3) is 0 Å². The quantitative estimate of drug-likeness (QED) is 0.779. The molecule has 2 aromatic carbocycles. The normalized spacial score (nSPS) is 17.2. The lowest BCUT2D eigenvalue weighted by molar-refractivity contribution is 0.172. The predicted molar refractivity (Wildman–Crippen MR) is 102 cm³/mol. The molecule has 0 bridgehead atoms. The molecule has 3 N–H and O–H groups in total. The number of benzene rings is 2. The van der Waals surface area contributed by atoms with Crippen LogP contribution in [0.4, 0.5) is 14.5 Å². The summed E-state index contributed by atoms with van der Waals surface area (Å²) >= 11 is 0. The second-order valence-electron chi connectivity index (χ2n) is 7.00. The summed E-state index contributed by atoms with van der Waals surface area (Å²) in [5.74, 6) is -0.0346. The van der Waals surface area contributed by atoms with E-state index in [1.54, 1.807) is 12.1 Å². The average Bonchev–Trinajstić information content (AvgIpc) is 2.67. The number of nitrogens with two attached hydrogens (primary N) is 1. The molecule has 0 amide bonds. The Labute approximate surface area is 154 Å². The lowest BCUT2D eigenvalue weighted by Gasteiger charge is -2.37. The van der Waals surface area contributed by atoms with Gasteiger partial charge in [-0.1, -0.05) is 12.1 Å². The first kappa shape index (κ1) is 18.8. The minimum Gasteiger partial charge on any atom is -0.378 e. The number of hydrogen-bond donors (Lipinski definition) is 2. The van der Waals surface area contributed by atoms with Crippen molar-refractivity contribution in [3.63, 3.8) is 0 Å². The Morgan fingerprint density at radius 3 is 2.12 bits per heavy atom. The highest BCUT2D eigenvalue weighted by molar-refractivity contribution is 5.45. The summed E-state index contributed by atoms with van der Waals surface area (Å²) in [7, 11) is 0. The molecule has 0 aromatic heterocycles. The van der Waals surface area contributed by atoms with Crippen molar-refractivity contribution < 1.29 is 8.78 Å². The molecule has 0 spiro atoms. The Morgan fingerprint density at radius 2 is 1.54 bits per heavy atom. The molecular weight excluding hydrogens is 332 g/mol. The number of halogens is 2. The number of nitrogens with zero attached hydrogens (tertiary/aromatic N) is 1. The highest BCUT2D eigenvalue weighted by Gasteiger charge is 2.27. The molecule has 0 radical (unpaired) electrons. The van der Waals surface area contributed by atoms with Gasteiger partial charge in [-0.25, -0.2) is 8.78 Å². The molecule has 3 nitrogen and oxygen atoms in total. The van der Waals surface area contributed by atoms with E-state index in [9.17, 15) is 8.78 Å². The largest absolute Gasteiger partial charge is 0.378 e. The molecule has 0 aliphatic carbocycles. The second-order valence-corrected chi connectivity index (χ2v) is 7.00. The van der Waals surface area contributed by atoms with Gasteiger partial charge in [0.15, 0.2) is 0 Å². The Balaban J connectivity index is 1.73. The van der Waals surface area contributed by atoms with Crippen molar-refractivity contribution in [1.29, 1.82) is 0 Å². The van der Waals surface area contributed by atoms with Gasteiger partial charge in [0.05, 0.1) is 6.04 Å². The van der Waals surface area contributed by atoms with Gasteiger partial charge in [-0.3, -0.25) is 0 Å². The van der Waals surface area contributed by atoms with E-state index in [0.717, 1.165) is 56.7 Å². The van der Waals surface area contributed by atoms with Crippen LogP contribution >= 0.6 is 0 Å². The molecular formula is C21H27F2N3. The molecule has 1 unspecified atom stereocenters. The first-order valence-electron chi connectivity index (χ1n) is 9.35. The van der Waals surface area contributed by atoms with Crippen molar-refractivity contribution in [2.75, 3.05) is 31.5 Å². The molecule has 2 aromatic rings. The summed E-state index contributed by atoms with van der Waals surface area (Å²) in [6, 6.07) is 13.2. The second kappa shape index (κ2) is 9.10. The van der Waals surface area contributed by atoms with Gasteiger partial charge >= 0.3 is 0 Å². The smallest absolute Gasteiger partial charge is 0.123 e. The molecule has 1 aliphatic rings. The maximum Gasteiger partial charge on any atom is 0.123 e. The highest BCUT2D eigenvalue weighted by Crippen LogP contribution is 2.34. The van der Waals surface area contributed by atoms with Crippen LogP contribution < -0.4 is 11.1 Å². The van der Waals surface area contributed by atoms with Crippen molar-refractivity contribution in [2.24, 2.45) is 11.7 Å². The fourth-order valence-electron chi connectivity index (χ4n) is 3.69. The van der Waals surface area contributed by atoms with Crippen molar-refractivity contribution in [1.82, 2.24) is 4.90 Å². The molecule has 140 valence electrons. The monoisotopic (exact) mass is 359 g/mol. The standard InChI is InChI=1S/C21H27F2N3/c22-18-4-2-16(3-5-18)21(25-20-8-6-19(23)7-9-20)17-10-14-26(15-11-17)13-1-12-24/h2-9,17,21,25H,1,10-15,24H2. The van der Waals surface area contributed by atoms with Crippen molar-refractivity contribution in [3.8, 4) is 0 Å². The fraction of sp³-hybridized carbons (Fsp3) is 0.429. The predicted octanol–water partition coefficient (Wildman–Crippen LogP) is 4.18. The molecule has 1 saturated heterocycles. The maximum atomic E-state index is 13.4. The van der Waals surface area contributed by atoms with Gasteiger partial charge in [0.2, 0.25) is 0 Å². The van der Waals surface area contributed by atoms with Gasteiger partial charge < -0.3 is 16.0 Å². The maximum absolute atomic E-state index is 13.4. The van der Waals surface area contributed by atoms with Crippen LogP contribution in [0.25, 0.3) is 0 Å². The van der Waals surface area contributed by atoms with Gasteiger partial charge in [0.1, 0.15) is 11.6 Å². The summed E-state index contributed by atoms with van der Waals surface area (Å²) in [4.78, 5) is 2.46. The number of likely N-dealkylation sites (tertiary alicyclic amines) is 1. The minimum absolute atomic E-state index is 0.0812. The van der Waals surface area contributed by atoms with Gasteiger partial charge in [-0.15, -0.1) is 0 Å². The van der Waals surface area contributed by atoms with Crippen LogP contribution in [0.5, 0.6) is 0 Å². The van der Waals surface area contributed by atoms with E-state index >= 15 is 0 Å². The SMILES string of the molecule is NCCCN1CCC(C(Nc2ccc(F)cc2)c2ccc(F)cc2)CC1. The topological polar surface area (TPSA) is 41.3 Å². The fourth-order valence-corrected chi connectivity index (χ4v) is 3.69. The van der Waals surface area contributed by atoms with Gasteiger partial charge in [0, 0.05) is 5.69 Å². The van der Waals surface area contributed by atoms with E-state index < -0.39 is 0 Å². The van der Waals surface area contributed by atoms with E-state index in [1.165, 1.54) is 24.3 Å². The summed E-state index contributed by atoms with van der Waals surface area (Å²) < 4.78 is 26.6. The summed E-state index contributed by atoms with van der Waals surface area (Å²) in [6.07, 6.45) is 3.17. The molecule has 1 atom stereocenters. The Bertz CT molecular complexity index is 665. The van der Waals surface area contributed by atoms with E-state index in [4.69, 9.17) is 5.73 Å².